The Morgan fingerprint density at radius 1 is 1.23 bits per heavy atom. The second-order valence-electron chi connectivity index (χ2n) is 7.52. The van der Waals surface area contributed by atoms with Gasteiger partial charge in [-0.05, 0) is 45.9 Å². The van der Waals surface area contributed by atoms with Crippen LogP contribution < -0.4 is 5.32 Å². The number of nitrogens with zero attached hydrogens (tertiary/aromatic N) is 4. The molecule has 10 heteroatoms. The van der Waals surface area contributed by atoms with Crippen LogP contribution in [0.1, 0.15) is 54.4 Å². The molecule has 0 unspecified atom stereocenters. The molecule has 1 atom stereocenters. The maximum Gasteiger partial charge on any atom is 0.416 e. The van der Waals surface area contributed by atoms with E-state index in [2.05, 4.69) is 20.3 Å². The first-order valence-corrected chi connectivity index (χ1v) is 9.31. The van der Waals surface area contributed by atoms with Gasteiger partial charge in [0.2, 0.25) is 0 Å². The smallest absolute Gasteiger partial charge is 0.388 e. The molecule has 0 aliphatic rings. The number of hydrogen-bond donors (Lipinski definition) is 2. The van der Waals surface area contributed by atoms with Crippen LogP contribution in [-0.4, -0.2) is 36.1 Å². The summed E-state index contributed by atoms with van der Waals surface area (Å²) in [4.78, 5) is 25.1. The van der Waals surface area contributed by atoms with Crippen LogP contribution in [0.4, 0.5) is 13.2 Å². The summed E-state index contributed by atoms with van der Waals surface area (Å²) in [6.07, 6.45) is -1.75. The first-order valence-electron chi connectivity index (χ1n) is 9.31. The Morgan fingerprint density at radius 3 is 2.47 bits per heavy atom. The Morgan fingerprint density at radius 2 is 1.93 bits per heavy atom. The summed E-state index contributed by atoms with van der Waals surface area (Å²) in [6.45, 7) is 6.88. The van der Waals surface area contributed by atoms with E-state index in [4.69, 9.17) is 0 Å². The van der Waals surface area contributed by atoms with Gasteiger partial charge < -0.3 is 15.0 Å². The lowest BCUT2D eigenvalue weighted by atomic mass is 9.97. The summed E-state index contributed by atoms with van der Waals surface area (Å²) < 4.78 is 41.0. The van der Waals surface area contributed by atoms with Gasteiger partial charge in [-0.1, -0.05) is 0 Å². The molecule has 0 aliphatic carbocycles. The predicted molar refractivity (Wildman–Crippen MR) is 104 cm³/mol. The highest BCUT2D eigenvalue weighted by atomic mass is 19.4. The zero-order valence-electron chi connectivity index (χ0n) is 16.9. The number of imidazole rings is 1. The minimum atomic E-state index is -4.50. The zero-order chi connectivity index (χ0) is 22.3. The molecule has 1 amide bonds. The number of aliphatic hydroxyl groups is 1. The Labute approximate surface area is 171 Å². The number of nitrogens with one attached hydrogen (secondary N) is 1. The third kappa shape index (κ3) is 4.28. The van der Waals surface area contributed by atoms with Crippen molar-refractivity contribution < 1.29 is 23.1 Å². The molecule has 0 aliphatic heterocycles. The lowest BCUT2D eigenvalue weighted by molar-refractivity contribution is -0.137. The van der Waals surface area contributed by atoms with E-state index in [0.29, 0.717) is 17.8 Å². The Bertz CT molecular complexity index is 1070. The molecular weight excluding hydrogens is 399 g/mol. The topological polar surface area (TPSA) is 92.9 Å². The molecule has 2 aromatic heterocycles. The van der Waals surface area contributed by atoms with Crippen LogP contribution in [0, 0.1) is 6.92 Å². The number of rotatable bonds is 5. The van der Waals surface area contributed by atoms with Gasteiger partial charge in [-0.3, -0.25) is 9.78 Å². The van der Waals surface area contributed by atoms with Gasteiger partial charge in [0.25, 0.3) is 5.91 Å². The van der Waals surface area contributed by atoms with Crippen LogP contribution in [0.25, 0.3) is 11.0 Å². The minimum absolute atomic E-state index is 0.0494. The number of benzene rings is 1. The summed E-state index contributed by atoms with van der Waals surface area (Å²) in [5, 5.41) is 13.4. The number of aromatic nitrogens is 4. The van der Waals surface area contributed by atoms with Crippen molar-refractivity contribution in [2.45, 2.75) is 52.1 Å². The fourth-order valence-corrected chi connectivity index (χ4v) is 3.15. The zero-order valence-corrected chi connectivity index (χ0v) is 16.9. The van der Waals surface area contributed by atoms with Crippen molar-refractivity contribution in [2.24, 2.45) is 0 Å². The van der Waals surface area contributed by atoms with E-state index in [9.17, 15) is 23.1 Å². The summed E-state index contributed by atoms with van der Waals surface area (Å²) in [6, 6.07) is 2.28. The molecule has 7 nitrogen and oxygen atoms in total. The molecule has 1 aromatic carbocycles. The first-order chi connectivity index (χ1) is 13.9. The van der Waals surface area contributed by atoms with Gasteiger partial charge in [-0.15, -0.1) is 0 Å². The van der Waals surface area contributed by atoms with Crippen molar-refractivity contribution in [1.29, 1.82) is 0 Å². The van der Waals surface area contributed by atoms with Gasteiger partial charge in [0.05, 0.1) is 34.1 Å². The standard InChI is InChI=1S/C20H22F3N5O2/c1-5-28-15-7-6-12(20(21,22)23)8-13(15)26-17(28)16(19(3,4)30)27-18(29)14-10-24-11(2)9-25-14/h6-10,16,30H,5H2,1-4H3,(H,27,29)/t16-/m1/s1. The van der Waals surface area contributed by atoms with E-state index < -0.39 is 29.3 Å². The monoisotopic (exact) mass is 421 g/mol. The van der Waals surface area contributed by atoms with E-state index in [-0.39, 0.29) is 17.0 Å². The van der Waals surface area contributed by atoms with Gasteiger partial charge in [0.1, 0.15) is 17.6 Å². The molecule has 0 radical (unpaired) electrons. The predicted octanol–water partition coefficient (Wildman–Crippen LogP) is 3.42. The van der Waals surface area contributed by atoms with E-state index >= 15 is 0 Å². The number of carbonyl (C=O) groups is 1. The summed E-state index contributed by atoms with van der Waals surface area (Å²) >= 11 is 0. The largest absolute Gasteiger partial charge is 0.416 e. The summed E-state index contributed by atoms with van der Waals surface area (Å²) in [5.74, 6) is -0.340. The average Bonchev–Trinajstić information content (AvgIpc) is 3.02. The summed E-state index contributed by atoms with van der Waals surface area (Å²) in [7, 11) is 0. The normalized spacial score (nSPS) is 13.5. The second-order valence-corrected chi connectivity index (χ2v) is 7.52. The maximum absolute atomic E-state index is 13.1. The van der Waals surface area contributed by atoms with Gasteiger partial charge in [-0.25, -0.2) is 9.97 Å². The van der Waals surface area contributed by atoms with Crippen LogP contribution >= 0.6 is 0 Å². The number of halogens is 3. The number of fused-ring (bicyclic) bond motifs is 1. The number of alkyl halides is 3. The molecule has 3 aromatic rings. The van der Waals surface area contributed by atoms with E-state index in [0.717, 1.165) is 12.1 Å². The first kappa shape index (κ1) is 21.7. The summed E-state index contributed by atoms with van der Waals surface area (Å²) in [5.41, 5.74) is -0.998. The highest BCUT2D eigenvalue weighted by molar-refractivity contribution is 5.92. The van der Waals surface area contributed by atoms with Crippen LogP contribution in [0.15, 0.2) is 30.6 Å². The molecule has 2 heterocycles. The van der Waals surface area contributed by atoms with E-state index in [1.165, 1.54) is 32.3 Å². The van der Waals surface area contributed by atoms with Crippen molar-refractivity contribution in [3.8, 4) is 0 Å². The highest BCUT2D eigenvalue weighted by Crippen LogP contribution is 2.33. The number of amides is 1. The molecule has 0 fully saturated rings. The fourth-order valence-electron chi connectivity index (χ4n) is 3.15. The molecule has 30 heavy (non-hydrogen) atoms. The van der Waals surface area contributed by atoms with Crippen molar-refractivity contribution in [2.75, 3.05) is 0 Å². The van der Waals surface area contributed by atoms with Crippen molar-refractivity contribution in [3.05, 3.63) is 53.4 Å². The van der Waals surface area contributed by atoms with Crippen molar-refractivity contribution >= 4 is 16.9 Å². The molecular formula is C20H22F3N5O2. The van der Waals surface area contributed by atoms with Crippen LogP contribution in [0.3, 0.4) is 0 Å². The van der Waals surface area contributed by atoms with Gasteiger partial charge in [-0.2, -0.15) is 13.2 Å². The van der Waals surface area contributed by atoms with Crippen LogP contribution in [0.5, 0.6) is 0 Å². The molecule has 2 N–H and O–H groups in total. The SMILES string of the molecule is CCn1c([C@@H](NC(=O)c2cnc(C)cn2)C(C)(C)O)nc2cc(C(F)(F)F)ccc21. The number of aryl methyl sites for hydroxylation is 2. The molecule has 160 valence electrons. The van der Waals surface area contributed by atoms with Crippen LogP contribution in [-0.2, 0) is 12.7 Å². The van der Waals surface area contributed by atoms with Crippen molar-refractivity contribution in [3.63, 3.8) is 0 Å². The van der Waals surface area contributed by atoms with Gasteiger partial charge in [0, 0.05) is 12.7 Å². The lowest BCUT2D eigenvalue weighted by Gasteiger charge is -2.30. The quantitative estimate of drug-likeness (QED) is 0.659. The molecule has 3 rings (SSSR count). The Hall–Kier alpha value is -3.01. The second kappa shape index (κ2) is 7.67. The number of carbonyl (C=O) groups excluding carboxylic acids is 1. The molecule has 0 spiro atoms. The molecule has 0 bridgehead atoms. The third-order valence-electron chi connectivity index (χ3n) is 4.67. The highest BCUT2D eigenvalue weighted by Gasteiger charge is 2.36. The third-order valence-corrected chi connectivity index (χ3v) is 4.67. The van der Waals surface area contributed by atoms with Gasteiger partial charge >= 0.3 is 6.18 Å². The average molecular weight is 421 g/mol. The van der Waals surface area contributed by atoms with E-state index in [1.807, 2.05) is 0 Å². The molecule has 0 saturated heterocycles. The van der Waals surface area contributed by atoms with E-state index in [1.54, 1.807) is 18.4 Å². The lowest BCUT2D eigenvalue weighted by Crippen LogP contribution is -2.43. The minimum Gasteiger partial charge on any atom is -0.388 e. The van der Waals surface area contributed by atoms with Crippen molar-refractivity contribution in [1.82, 2.24) is 24.8 Å². The number of hydrogen-bond acceptors (Lipinski definition) is 5. The van der Waals surface area contributed by atoms with Gasteiger partial charge in [0.15, 0.2) is 0 Å². The Balaban J connectivity index is 2.07. The maximum atomic E-state index is 13.1. The van der Waals surface area contributed by atoms with Crippen LogP contribution in [0.2, 0.25) is 0 Å². The Kier molecular flexibility index (Phi) is 5.55. The molecule has 0 saturated carbocycles. The fraction of sp³-hybridized carbons (Fsp3) is 0.400.